The number of nitrogens with one attached hydrogen (secondary N) is 1. The summed E-state index contributed by atoms with van der Waals surface area (Å²) in [5.74, 6) is 0.419. The normalized spacial score (nSPS) is 11.4. The van der Waals surface area contributed by atoms with Crippen molar-refractivity contribution < 1.29 is 4.79 Å². The molecule has 4 nitrogen and oxygen atoms in total. The van der Waals surface area contributed by atoms with Crippen LogP contribution in [0.1, 0.15) is 47.8 Å². The van der Waals surface area contributed by atoms with Gasteiger partial charge in [0, 0.05) is 30.9 Å². The molecule has 122 valence electrons. The number of rotatable bonds is 5. The molecule has 0 aliphatic carbocycles. The third-order valence-corrected chi connectivity index (χ3v) is 4.13. The van der Waals surface area contributed by atoms with Gasteiger partial charge in [-0.25, -0.2) is 0 Å². The number of nitrogens with zero attached hydrogens (tertiary/aromatic N) is 2. The van der Waals surface area contributed by atoms with E-state index >= 15 is 0 Å². The molecule has 0 unspecified atom stereocenters. The van der Waals surface area contributed by atoms with Crippen molar-refractivity contribution in [2.45, 2.75) is 40.2 Å². The van der Waals surface area contributed by atoms with Crippen LogP contribution < -0.4 is 5.32 Å². The Balaban J connectivity index is 1.94. The summed E-state index contributed by atoms with van der Waals surface area (Å²) in [4.78, 5) is 12.0. The number of amides is 1. The Hall–Kier alpha value is -2.36. The number of hydrogen-bond acceptors (Lipinski definition) is 2. The highest BCUT2D eigenvalue weighted by Gasteiger charge is 2.09. The van der Waals surface area contributed by atoms with Gasteiger partial charge in [-0.05, 0) is 37.0 Å². The predicted molar refractivity (Wildman–Crippen MR) is 94.1 cm³/mol. The maximum absolute atomic E-state index is 12.0. The quantitative estimate of drug-likeness (QED) is 0.859. The topological polar surface area (TPSA) is 46.9 Å². The summed E-state index contributed by atoms with van der Waals surface area (Å²) in [6.45, 7) is 8.80. The standard InChI is InChI=1S/C19H25N3O/c1-13(2)17-9-6-16(7-10-17)8-11-19(23)20-12-18-14(3)21-22(5)15(18)4/h6-11,13H,12H2,1-5H3,(H,20,23)/b11-8+. The minimum absolute atomic E-state index is 0.0967. The minimum Gasteiger partial charge on any atom is -0.348 e. The summed E-state index contributed by atoms with van der Waals surface area (Å²) < 4.78 is 1.84. The highest BCUT2D eigenvalue weighted by molar-refractivity contribution is 5.91. The fourth-order valence-electron chi connectivity index (χ4n) is 2.47. The molecule has 0 atom stereocenters. The number of carbonyl (C=O) groups excluding carboxylic acids is 1. The summed E-state index contributed by atoms with van der Waals surface area (Å²) in [6.07, 6.45) is 3.41. The van der Waals surface area contributed by atoms with Gasteiger partial charge < -0.3 is 5.32 Å². The van der Waals surface area contributed by atoms with E-state index < -0.39 is 0 Å². The molecular weight excluding hydrogens is 286 g/mol. The van der Waals surface area contributed by atoms with Crippen LogP contribution in [-0.4, -0.2) is 15.7 Å². The first kappa shape index (κ1) is 17.0. The van der Waals surface area contributed by atoms with E-state index in [1.165, 1.54) is 5.56 Å². The summed E-state index contributed by atoms with van der Waals surface area (Å²) in [7, 11) is 1.91. The van der Waals surface area contributed by atoms with Crippen molar-refractivity contribution in [3.63, 3.8) is 0 Å². The molecule has 0 saturated carbocycles. The van der Waals surface area contributed by atoms with Crippen LogP contribution in [-0.2, 0) is 18.4 Å². The molecule has 0 aliphatic rings. The molecule has 0 spiro atoms. The zero-order valence-electron chi connectivity index (χ0n) is 14.6. The summed E-state index contributed by atoms with van der Waals surface area (Å²) >= 11 is 0. The van der Waals surface area contributed by atoms with Gasteiger partial charge in [0.05, 0.1) is 5.69 Å². The number of hydrogen-bond donors (Lipinski definition) is 1. The predicted octanol–water partition coefficient (Wildman–Crippen LogP) is 3.49. The fraction of sp³-hybridized carbons (Fsp3) is 0.368. The molecule has 23 heavy (non-hydrogen) atoms. The summed E-state index contributed by atoms with van der Waals surface area (Å²) in [5, 5.41) is 7.27. The lowest BCUT2D eigenvalue weighted by molar-refractivity contribution is -0.116. The van der Waals surface area contributed by atoms with Crippen molar-refractivity contribution in [2.75, 3.05) is 0 Å². The van der Waals surface area contributed by atoms with Crippen molar-refractivity contribution in [3.05, 3.63) is 58.4 Å². The molecular formula is C19H25N3O. The Morgan fingerprint density at radius 1 is 1.26 bits per heavy atom. The second-order valence-corrected chi connectivity index (χ2v) is 6.15. The maximum atomic E-state index is 12.0. The third kappa shape index (κ3) is 4.31. The van der Waals surface area contributed by atoms with Gasteiger partial charge in [-0.2, -0.15) is 5.10 Å². The fourth-order valence-corrected chi connectivity index (χ4v) is 2.47. The van der Waals surface area contributed by atoms with Gasteiger partial charge in [0.2, 0.25) is 5.91 Å². The second kappa shape index (κ2) is 7.27. The monoisotopic (exact) mass is 311 g/mol. The Kier molecular flexibility index (Phi) is 5.37. The average Bonchev–Trinajstić information content (AvgIpc) is 2.76. The molecule has 0 radical (unpaired) electrons. The Labute approximate surface area is 138 Å². The lowest BCUT2D eigenvalue weighted by Crippen LogP contribution is -2.21. The van der Waals surface area contributed by atoms with E-state index in [0.29, 0.717) is 12.5 Å². The largest absolute Gasteiger partial charge is 0.348 e. The first-order valence-corrected chi connectivity index (χ1v) is 7.93. The van der Waals surface area contributed by atoms with E-state index in [4.69, 9.17) is 0 Å². The second-order valence-electron chi connectivity index (χ2n) is 6.15. The van der Waals surface area contributed by atoms with E-state index in [0.717, 1.165) is 22.5 Å². The first-order valence-electron chi connectivity index (χ1n) is 7.93. The highest BCUT2D eigenvalue weighted by atomic mass is 16.1. The zero-order chi connectivity index (χ0) is 17.0. The van der Waals surface area contributed by atoms with Crippen molar-refractivity contribution in [3.8, 4) is 0 Å². The van der Waals surface area contributed by atoms with Crippen molar-refractivity contribution in [1.29, 1.82) is 0 Å². The van der Waals surface area contributed by atoms with Crippen LogP contribution in [0.25, 0.3) is 6.08 Å². The minimum atomic E-state index is -0.0967. The van der Waals surface area contributed by atoms with Crippen LogP contribution in [0.2, 0.25) is 0 Å². The lowest BCUT2D eigenvalue weighted by Gasteiger charge is -2.05. The molecule has 1 N–H and O–H groups in total. The number of aryl methyl sites for hydroxylation is 2. The molecule has 1 heterocycles. The molecule has 0 saturated heterocycles. The van der Waals surface area contributed by atoms with E-state index in [9.17, 15) is 4.79 Å². The highest BCUT2D eigenvalue weighted by Crippen LogP contribution is 2.15. The molecule has 0 fully saturated rings. The van der Waals surface area contributed by atoms with Crippen LogP contribution in [0.15, 0.2) is 30.3 Å². The molecule has 1 aromatic heterocycles. The van der Waals surface area contributed by atoms with Crippen molar-refractivity contribution in [1.82, 2.24) is 15.1 Å². The van der Waals surface area contributed by atoms with Gasteiger partial charge >= 0.3 is 0 Å². The van der Waals surface area contributed by atoms with Crippen LogP contribution in [0, 0.1) is 13.8 Å². The Morgan fingerprint density at radius 3 is 2.43 bits per heavy atom. The Bertz CT molecular complexity index is 709. The van der Waals surface area contributed by atoms with Gasteiger partial charge in [0.1, 0.15) is 0 Å². The van der Waals surface area contributed by atoms with E-state index in [1.807, 2.05) is 43.8 Å². The van der Waals surface area contributed by atoms with Crippen LogP contribution in [0.5, 0.6) is 0 Å². The van der Waals surface area contributed by atoms with Gasteiger partial charge in [0.15, 0.2) is 0 Å². The average molecular weight is 311 g/mol. The summed E-state index contributed by atoms with van der Waals surface area (Å²) in [6, 6.07) is 8.28. The molecule has 0 aliphatic heterocycles. The van der Waals surface area contributed by atoms with Gasteiger partial charge in [-0.1, -0.05) is 38.1 Å². The van der Waals surface area contributed by atoms with Gasteiger partial charge in [-0.15, -0.1) is 0 Å². The molecule has 0 bridgehead atoms. The van der Waals surface area contributed by atoms with Crippen LogP contribution in [0.4, 0.5) is 0 Å². The molecule has 4 heteroatoms. The smallest absolute Gasteiger partial charge is 0.244 e. The van der Waals surface area contributed by atoms with Crippen molar-refractivity contribution in [2.24, 2.45) is 7.05 Å². The van der Waals surface area contributed by atoms with Crippen molar-refractivity contribution >= 4 is 12.0 Å². The third-order valence-electron chi connectivity index (χ3n) is 4.13. The van der Waals surface area contributed by atoms with Crippen LogP contribution >= 0.6 is 0 Å². The van der Waals surface area contributed by atoms with Crippen LogP contribution in [0.3, 0.4) is 0 Å². The van der Waals surface area contributed by atoms with E-state index in [-0.39, 0.29) is 5.91 Å². The van der Waals surface area contributed by atoms with E-state index in [1.54, 1.807) is 6.08 Å². The molecule has 2 aromatic rings. The molecule has 1 aromatic carbocycles. The number of aromatic nitrogens is 2. The first-order chi connectivity index (χ1) is 10.9. The summed E-state index contributed by atoms with van der Waals surface area (Å²) in [5.41, 5.74) is 5.44. The maximum Gasteiger partial charge on any atom is 0.244 e. The SMILES string of the molecule is Cc1nn(C)c(C)c1CNC(=O)/C=C/c1ccc(C(C)C)cc1. The lowest BCUT2D eigenvalue weighted by atomic mass is 10.0. The number of benzene rings is 1. The van der Waals surface area contributed by atoms with Gasteiger partial charge in [-0.3, -0.25) is 9.48 Å². The molecule has 1 amide bonds. The van der Waals surface area contributed by atoms with Gasteiger partial charge in [0.25, 0.3) is 0 Å². The Morgan fingerprint density at radius 2 is 1.91 bits per heavy atom. The zero-order valence-corrected chi connectivity index (χ0v) is 14.6. The number of carbonyl (C=O) groups is 1. The molecule has 2 rings (SSSR count). The van der Waals surface area contributed by atoms with E-state index in [2.05, 4.69) is 36.4 Å².